The molecule has 0 fully saturated rings. The molecule has 218 valence electrons. The molecule has 2 aromatic carbocycles. The van der Waals surface area contributed by atoms with Crippen LogP contribution < -0.4 is 14.0 Å². The van der Waals surface area contributed by atoms with Gasteiger partial charge in [0, 0.05) is 12.1 Å². The van der Waals surface area contributed by atoms with Crippen molar-refractivity contribution >= 4 is 47.3 Å². The summed E-state index contributed by atoms with van der Waals surface area (Å²) in [4.78, 5) is 47.3. The summed E-state index contributed by atoms with van der Waals surface area (Å²) in [7, 11) is 3.11. The van der Waals surface area contributed by atoms with Gasteiger partial charge in [0.05, 0.1) is 9.85 Å². The maximum absolute atomic E-state index is 13.1. The van der Waals surface area contributed by atoms with Crippen molar-refractivity contribution in [1.82, 2.24) is 0 Å². The summed E-state index contributed by atoms with van der Waals surface area (Å²) in [6, 6.07) is 12.2. The Labute approximate surface area is 246 Å². The number of rotatable bonds is 12. The molecule has 0 spiro atoms. The fraction of sp³-hybridized carbons (Fsp3) is 0.276. The van der Waals surface area contributed by atoms with Crippen LogP contribution in [0.3, 0.4) is 0 Å². The quantitative estimate of drug-likeness (QED) is 0.0525. The first kappa shape index (κ1) is 30.4. The van der Waals surface area contributed by atoms with Gasteiger partial charge in [-0.2, -0.15) is 0 Å². The van der Waals surface area contributed by atoms with Crippen molar-refractivity contribution in [2.24, 2.45) is 5.92 Å². The molecule has 2 aromatic heterocycles. The molecule has 2 atom stereocenters. The molecule has 12 nitrogen and oxygen atoms in total. The molecule has 0 radical (unpaired) electrons. The Balaban J connectivity index is 1.44. The average Bonchev–Trinajstić information content (AvgIpc) is 3.41. The van der Waals surface area contributed by atoms with Gasteiger partial charge in [0.15, 0.2) is 0 Å². The van der Waals surface area contributed by atoms with E-state index in [0.29, 0.717) is 27.9 Å². The topological polar surface area (TPSA) is 152 Å². The zero-order valence-electron chi connectivity index (χ0n) is 23.3. The summed E-state index contributed by atoms with van der Waals surface area (Å²) in [6.07, 6.45) is 2.89. The minimum absolute atomic E-state index is 0.0243. The molecule has 0 saturated carbocycles. The van der Waals surface area contributed by atoms with Gasteiger partial charge in [-0.15, -0.1) is 0 Å². The molecule has 0 bridgehead atoms. The van der Waals surface area contributed by atoms with Gasteiger partial charge in [0.2, 0.25) is 0 Å². The predicted molar refractivity (Wildman–Crippen MR) is 153 cm³/mol. The van der Waals surface area contributed by atoms with Gasteiger partial charge in [-0.25, -0.2) is 0 Å². The van der Waals surface area contributed by atoms with Crippen LogP contribution in [-0.2, 0) is 9.53 Å². The van der Waals surface area contributed by atoms with Crippen LogP contribution in [-0.4, -0.2) is 50.3 Å². The van der Waals surface area contributed by atoms with Crippen LogP contribution in [0.2, 0.25) is 0 Å². The number of hydrogen-bond acceptors (Lipinski definition) is 9. The number of carbonyl (C=O) groups is 2. The number of non-ortho nitro benzene ring substituents is 1. The number of pyridine rings is 1. The molecule has 4 rings (SSSR count). The van der Waals surface area contributed by atoms with Gasteiger partial charge in [-0.1, -0.05) is 0 Å². The van der Waals surface area contributed by atoms with E-state index in [1.807, 2.05) is 25.1 Å². The number of Topliss-reactive ketones (excluding diaryl/α,β-unsaturated/α-hetero) is 1. The predicted octanol–water partition coefficient (Wildman–Crippen LogP) is 4.91. The molecule has 0 aliphatic carbocycles. The Morgan fingerprint density at radius 2 is 1.62 bits per heavy atom. The molecule has 0 aliphatic rings. The summed E-state index contributed by atoms with van der Waals surface area (Å²) < 4.78 is 19.5. The zero-order chi connectivity index (χ0) is 30.6. The first-order chi connectivity index (χ1) is 20.1. The number of carbonyl (C=O) groups excluding carboxylic acids is 2. The summed E-state index contributed by atoms with van der Waals surface area (Å²) in [6.45, 7) is 3.52. The fourth-order valence-corrected chi connectivity index (χ4v) is 6.56. The van der Waals surface area contributed by atoms with E-state index in [2.05, 4.69) is 0 Å². The van der Waals surface area contributed by atoms with Crippen LogP contribution in [0.4, 0.5) is 11.4 Å². The third kappa shape index (κ3) is 6.48. The number of aromatic nitrogens is 1. The summed E-state index contributed by atoms with van der Waals surface area (Å²) >= 11 is -0.223. The van der Waals surface area contributed by atoms with E-state index in [1.54, 1.807) is 45.7 Å². The van der Waals surface area contributed by atoms with Crippen molar-refractivity contribution in [1.29, 1.82) is 0 Å². The van der Waals surface area contributed by atoms with Crippen molar-refractivity contribution < 1.29 is 38.2 Å². The third-order valence-electron chi connectivity index (χ3n) is 6.82. The van der Waals surface area contributed by atoms with Crippen molar-refractivity contribution in [3.63, 3.8) is 0 Å². The Hall–Kier alpha value is -4.61. The van der Waals surface area contributed by atoms with Gasteiger partial charge >= 0.3 is 193 Å². The molecule has 42 heavy (non-hydrogen) atoms. The molecule has 0 amide bonds. The van der Waals surface area contributed by atoms with Crippen LogP contribution in [0.15, 0.2) is 60.9 Å². The van der Waals surface area contributed by atoms with E-state index in [-0.39, 0.29) is 38.1 Å². The Bertz CT molecular complexity index is 1630. The Morgan fingerprint density at radius 1 is 0.952 bits per heavy atom. The minimum atomic E-state index is -0.697. The third-order valence-corrected chi connectivity index (χ3v) is 9.21. The molecule has 13 heteroatoms. The SMILES string of the molecule is CCC(CC(=O)c1cc2cc(OC)c(OC)cc2[se]1)C(=O)OC(C)c1cc[n+](-c2ccc([N+](=O)[O-])cc2[N+](=O)[O-])cc1. The van der Waals surface area contributed by atoms with Crippen molar-refractivity contribution in [3.05, 3.63) is 91.2 Å². The standard InChI is InChI=1S/C29H28N3O9Se/c1-5-18(12-24(33)28-14-20-13-25(39-3)26(40-4)16-27(20)42-28)29(34)41-17(2)19-8-10-30(11-9-19)22-7-6-21(31(35)36)15-23(22)32(37)38/h6-11,13-18H,5,12H2,1-4H3/q+1. The average molecular weight is 642 g/mol. The summed E-state index contributed by atoms with van der Waals surface area (Å²) in [5.41, 5.74) is -0.0295. The fourth-order valence-electron chi connectivity index (χ4n) is 4.42. The number of fused-ring (bicyclic) bond motifs is 1. The van der Waals surface area contributed by atoms with Crippen LogP contribution in [0.25, 0.3) is 15.3 Å². The summed E-state index contributed by atoms with van der Waals surface area (Å²) in [5.74, 6) is -0.0417. The van der Waals surface area contributed by atoms with Crippen molar-refractivity contribution in [2.45, 2.75) is 32.8 Å². The zero-order valence-corrected chi connectivity index (χ0v) is 25.0. The number of nitro groups is 2. The van der Waals surface area contributed by atoms with Gasteiger partial charge in [0.25, 0.3) is 5.69 Å². The maximum atomic E-state index is 13.1. The van der Waals surface area contributed by atoms with Crippen LogP contribution >= 0.6 is 0 Å². The van der Waals surface area contributed by atoms with Crippen LogP contribution in [0.1, 0.15) is 47.6 Å². The molecule has 2 unspecified atom stereocenters. The first-order valence-electron chi connectivity index (χ1n) is 12.9. The van der Waals surface area contributed by atoms with E-state index in [9.17, 15) is 29.8 Å². The van der Waals surface area contributed by atoms with Gasteiger partial charge in [-0.3, -0.25) is 20.2 Å². The van der Waals surface area contributed by atoms with Gasteiger partial charge in [-0.05, 0) is 0 Å². The van der Waals surface area contributed by atoms with Crippen molar-refractivity contribution in [2.75, 3.05) is 14.2 Å². The van der Waals surface area contributed by atoms with E-state index in [4.69, 9.17) is 14.2 Å². The van der Waals surface area contributed by atoms with Crippen LogP contribution in [0, 0.1) is 26.1 Å². The molecular formula is C29H28N3O9Se+. The van der Waals surface area contributed by atoms with E-state index < -0.39 is 33.5 Å². The second-order valence-corrected chi connectivity index (χ2v) is 11.7. The number of ketones is 1. The molecule has 2 heterocycles. The molecular weight excluding hydrogens is 613 g/mol. The second-order valence-electron chi connectivity index (χ2n) is 9.39. The molecule has 4 aromatic rings. The van der Waals surface area contributed by atoms with Gasteiger partial charge < -0.3 is 0 Å². The Kier molecular flexibility index (Phi) is 9.34. The van der Waals surface area contributed by atoms with E-state index >= 15 is 0 Å². The number of nitrogens with zero attached hydrogens (tertiary/aromatic N) is 3. The number of esters is 1. The second kappa shape index (κ2) is 12.9. The van der Waals surface area contributed by atoms with Crippen LogP contribution in [0.5, 0.6) is 11.5 Å². The normalized spacial score (nSPS) is 12.4. The Morgan fingerprint density at radius 3 is 2.21 bits per heavy atom. The van der Waals surface area contributed by atoms with E-state index in [0.717, 1.165) is 15.7 Å². The molecule has 0 N–H and O–H groups in total. The first-order valence-corrected chi connectivity index (χ1v) is 14.6. The number of hydrogen-bond donors (Lipinski definition) is 0. The number of nitro benzene ring substituents is 2. The summed E-state index contributed by atoms with van der Waals surface area (Å²) in [5, 5.41) is 23.4. The van der Waals surface area contributed by atoms with Crippen molar-refractivity contribution in [3.8, 4) is 17.2 Å². The molecule has 0 saturated heterocycles. The van der Waals surface area contributed by atoms with Gasteiger partial charge in [0.1, 0.15) is 6.07 Å². The number of ether oxygens (including phenoxy) is 3. The van der Waals surface area contributed by atoms with E-state index in [1.165, 1.54) is 16.7 Å². The monoisotopic (exact) mass is 642 g/mol. The number of benzene rings is 2. The number of methoxy groups -OCH3 is 2. The molecule has 0 aliphatic heterocycles.